The predicted octanol–water partition coefficient (Wildman–Crippen LogP) is 3.28. The minimum atomic E-state index is -0.209. The molecule has 9 heteroatoms. The molecule has 1 aromatic heterocycles. The predicted molar refractivity (Wildman–Crippen MR) is 137 cm³/mol. The number of carbonyl (C=O) groups excluding carboxylic acids is 1. The number of tetrazole rings is 1. The van der Waals surface area contributed by atoms with E-state index in [1.807, 2.05) is 30.3 Å². The van der Waals surface area contributed by atoms with Gasteiger partial charge in [0.2, 0.25) is 0 Å². The van der Waals surface area contributed by atoms with E-state index >= 15 is 0 Å². The van der Waals surface area contributed by atoms with Crippen LogP contribution in [0.3, 0.4) is 0 Å². The van der Waals surface area contributed by atoms with E-state index in [0.717, 1.165) is 49.4 Å². The highest BCUT2D eigenvalue weighted by Crippen LogP contribution is 2.32. The molecular weight excluding hydrogens is 456 g/mol. The van der Waals surface area contributed by atoms with Gasteiger partial charge < -0.3 is 9.84 Å². The zero-order chi connectivity index (χ0) is 25.3. The van der Waals surface area contributed by atoms with E-state index in [9.17, 15) is 9.90 Å². The number of ether oxygens (including phenoxy) is 1. The van der Waals surface area contributed by atoms with Gasteiger partial charge in [-0.2, -0.15) is 0 Å². The number of rotatable bonds is 11. The summed E-state index contributed by atoms with van der Waals surface area (Å²) < 4.78 is 6.72. The van der Waals surface area contributed by atoms with Gasteiger partial charge in [-0.1, -0.05) is 42.5 Å². The molecule has 1 N–H and O–H groups in total. The van der Waals surface area contributed by atoms with Crippen LogP contribution in [-0.2, 0) is 16.1 Å². The van der Waals surface area contributed by atoms with Crippen LogP contribution in [0.4, 0.5) is 0 Å². The van der Waals surface area contributed by atoms with E-state index in [1.165, 1.54) is 0 Å². The second-order valence-electron chi connectivity index (χ2n) is 8.88. The lowest BCUT2D eigenvalue weighted by atomic mass is 9.95. The number of aromatic nitrogens is 4. The first-order valence-electron chi connectivity index (χ1n) is 12.5. The van der Waals surface area contributed by atoms with Gasteiger partial charge in [0.15, 0.2) is 5.82 Å². The first kappa shape index (κ1) is 25.5. The van der Waals surface area contributed by atoms with Crippen molar-refractivity contribution in [1.82, 2.24) is 30.0 Å². The topological polar surface area (TPSA) is 96.6 Å². The third-order valence-electron chi connectivity index (χ3n) is 6.42. The van der Waals surface area contributed by atoms with Crippen LogP contribution < -0.4 is 0 Å². The van der Waals surface area contributed by atoms with Crippen LogP contribution in [0.5, 0.6) is 5.75 Å². The second-order valence-corrected chi connectivity index (χ2v) is 8.88. The molecule has 1 aliphatic heterocycles. The number of benzene rings is 2. The molecule has 1 aliphatic rings. The van der Waals surface area contributed by atoms with Gasteiger partial charge in [-0.25, -0.2) is 4.68 Å². The summed E-state index contributed by atoms with van der Waals surface area (Å²) in [6.45, 7) is 11.3. The van der Waals surface area contributed by atoms with Gasteiger partial charge in [-0.15, -0.1) is 11.7 Å². The maximum atomic E-state index is 11.6. The maximum absolute atomic E-state index is 11.6. The second kappa shape index (κ2) is 12.4. The molecule has 1 fully saturated rings. The van der Waals surface area contributed by atoms with E-state index in [0.29, 0.717) is 31.8 Å². The van der Waals surface area contributed by atoms with Crippen molar-refractivity contribution in [3.05, 3.63) is 72.3 Å². The quantitative estimate of drug-likeness (QED) is 0.323. The van der Waals surface area contributed by atoms with Crippen LogP contribution in [0.25, 0.3) is 11.4 Å². The Labute approximate surface area is 212 Å². The number of hydrogen-bond acceptors (Lipinski definition) is 8. The minimum Gasteiger partial charge on any atom is -0.508 e. The minimum absolute atomic E-state index is 0.0256. The molecule has 0 amide bonds. The summed E-state index contributed by atoms with van der Waals surface area (Å²) >= 11 is 0. The van der Waals surface area contributed by atoms with Crippen molar-refractivity contribution in [2.24, 2.45) is 0 Å². The summed E-state index contributed by atoms with van der Waals surface area (Å²) in [6, 6.07) is 15.8. The van der Waals surface area contributed by atoms with Gasteiger partial charge in [0.25, 0.3) is 0 Å². The van der Waals surface area contributed by atoms with Crippen LogP contribution >= 0.6 is 0 Å². The van der Waals surface area contributed by atoms with Crippen LogP contribution in [0.1, 0.15) is 36.9 Å². The molecule has 0 bridgehead atoms. The molecule has 0 aliphatic carbocycles. The number of aryl methyl sites for hydroxylation is 1. The molecule has 1 saturated heterocycles. The summed E-state index contributed by atoms with van der Waals surface area (Å²) in [5, 5.41) is 22.3. The van der Waals surface area contributed by atoms with Crippen molar-refractivity contribution in [3.63, 3.8) is 0 Å². The molecule has 2 heterocycles. The summed E-state index contributed by atoms with van der Waals surface area (Å²) in [6.07, 6.45) is 2.88. The zero-order valence-electron chi connectivity index (χ0n) is 20.8. The highest BCUT2D eigenvalue weighted by Gasteiger charge is 2.26. The van der Waals surface area contributed by atoms with Crippen LogP contribution in [0.2, 0.25) is 0 Å². The third-order valence-corrected chi connectivity index (χ3v) is 6.42. The van der Waals surface area contributed by atoms with Crippen molar-refractivity contribution < 1.29 is 14.6 Å². The number of nitrogens with zero attached hydrogens (tertiary/aromatic N) is 6. The number of phenols is 1. The zero-order valence-corrected chi connectivity index (χ0v) is 20.8. The largest absolute Gasteiger partial charge is 0.508 e. The molecule has 9 nitrogen and oxygen atoms in total. The first-order valence-corrected chi connectivity index (χ1v) is 12.5. The lowest BCUT2D eigenvalue weighted by Crippen LogP contribution is -2.47. The fraction of sp³-hybridized carbons (Fsp3) is 0.407. The summed E-state index contributed by atoms with van der Waals surface area (Å²) in [5.41, 5.74) is 3.11. The Hall–Kier alpha value is -3.56. The van der Waals surface area contributed by atoms with Crippen molar-refractivity contribution >= 4 is 5.97 Å². The van der Waals surface area contributed by atoms with Crippen LogP contribution in [0, 0.1) is 0 Å². The number of hydrogen-bond donors (Lipinski definition) is 1. The van der Waals surface area contributed by atoms with Crippen molar-refractivity contribution in [3.8, 4) is 17.1 Å². The number of piperazine rings is 1. The van der Waals surface area contributed by atoms with Gasteiger partial charge in [-0.05, 0) is 47.0 Å². The van der Waals surface area contributed by atoms with E-state index in [2.05, 4.69) is 50.1 Å². The fourth-order valence-electron chi connectivity index (χ4n) is 4.68. The van der Waals surface area contributed by atoms with Gasteiger partial charge in [0, 0.05) is 51.3 Å². The molecule has 0 saturated carbocycles. The number of phenolic OH excluding ortho intramolecular Hbond substituents is 1. The third kappa shape index (κ3) is 6.35. The molecule has 0 spiro atoms. The molecule has 190 valence electrons. The van der Waals surface area contributed by atoms with Crippen LogP contribution in [-0.4, -0.2) is 80.4 Å². The Morgan fingerprint density at radius 3 is 2.61 bits per heavy atom. The lowest BCUT2D eigenvalue weighted by molar-refractivity contribution is -0.143. The van der Waals surface area contributed by atoms with E-state index in [4.69, 9.17) is 4.74 Å². The molecule has 36 heavy (non-hydrogen) atoms. The van der Waals surface area contributed by atoms with Gasteiger partial charge in [-0.3, -0.25) is 14.6 Å². The van der Waals surface area contributed by atoms with Crippen molar-refractivity contribution in [1.29, 1.82) is 0 Å². The van der Waals surface area contributed by atoms with Crippen molar-refractivity contribution in [2.45, 2.75) is 32.4 Å². The van der Waals surface area contributed by atoms with Gasteiger partial charge in [0.1, 0.15) is 5.75 Å². The van der Waals surface area contributed by atoms with Gasteiger partial charge in [0.05, 0.1) is 12.6 Å². The molecule has 1 atom stereocenters. The van der Waals surface area contributed by atoms with Crippen molar-refractivity contribution in [2.75, 3.05) is 39.3 Å². The Morgan fingerprint density at radius 1 is 1.14 bits per heavy atom. The van der Waals surface area contributed by atoms with E-state index in [-0.39, 0.29) is 17.8 Å². The monoisotopic (exact) mass is 490 g/mol. The highest BCUT2D eigenvalue weighted by molar-refractivity contribution is 5.69. The molecule has 0 radical (unpaired) electrons. The summed E-state index contributed by atoms with van der Waals surface area (Å²) in [5.74, 6) is 0.721. The van der Waals surface area contributed by atoms with E-state index in [1.54, 1.807) is 17.7 Å². The average molecular weight is 491 g/mol. The Bertz CT molecular complexity index is 1140. The maximum Gasteiger partial charge on any atom is 0.305 e. The van der Waals surface area contributed by atoms with Gasteiger partial charge >= 0.3 is 5.97 Å². The molecular formula is C27H34N6O3. The fourth-order valence-corrected chi connectivity index (χ4v) is 4.68. The molecule has 3 aromatic rings. The SMILES string of the molecule is C=CCN1CCN([C@H](c2ccc(-c3nnnn3CCCC(=O)OCC)cc2)c2cccc(O)c2)CC1. The number of carbonyl (C=O) groups is 1. The average Bonchev–Trinajstić information content (AvgIpc) is 3.35. The molecule has 4 rings (SSSR count). The number of aromatic hydroxyl groups is 1. The van der Waals surface area contributed by atoms with Crippen LogP contribution in [0.15, 0.2) is 61.2 Å². The lowest BCUT2D eigenvalue weighted by Gasteiger charge is -2.39. The summed E-state index contributed by atoms with van der Waals surface area (Å²) in [4.78, 5) is 16.5. The highest BCUT2D eigenvalue weighted by atomic mass is 16.5. The van der Waals surface area contributed by atoms with E-state index < -0.39 is 0 Å². The first-order chi connectivity index (χ1) is 17.6. The smallest absolute Gasteiger partial charge is 0.305 e. The number of esters is 1. The Morgan fingerprint density at radius 2 is 1.92 bits per heavy atom. The molecule has 2 aromatic carbocycles. The molecule has 0 unspecified atom stereocenters. The normalized spacial score (nSPS) is 15.5. The summed E-state index contributed by atoms with van der Waals surface area (Å²) in [7, 11) is 0. The standard InChI is InChI=1S/C27H34N6O3/c1-3-14-31-16-18-32(19-17-31)26(23-7-5-8-24(34)20-23)21-10-12-22(13-11-21)27-28-29-30-33(27)15-6-9-25(35)36-4-2/h3,5,7-8,10-13,20,26,34H,1,4,6,9,14-19H2,2H3/t26-/m1/s1. The Kier molecular flexibility index (Phi) is 8.80. The Balaban J connectivity index is 1.52.